The second-order valence-corrected chi connectivity index (χ2v) is 9.34. The summed E-state index contributed by atoms with van der Waals surface area (Å²) in [4.78, 5) is 0. The predicted molar refractivity (Wildman–Crippen MR) is 85.2 cm³/mol. The molecule has 0 aromatic heterocycles. The minimum atomic E-state index is 0.578. The molecule has 0 heteroatoms. The Morgan fingerprint density at radius 2 is 1.47 bits per heavy atom. The first kappa shape index (κ1) is 15.4. The Hall–Kier alpha value is 0. The molecule has 0 bridgehead atoms. The van der Waals surface area contributed by atoms with Gasteiger partial charge in [0.05, 0.1) is 0 Å². The first-order valence-electron chi connectivity index (χ1n) is 8.71. The van der Waals surface area contributed by atoms with Crippen molar-refractivity contribution in [1.29, 1.82) is 0 Å². The highest BCUT2D eigenvalue weighted by Gasteiger charge is 2.39. The minimum absolute atomic E-state index is 0.578. The average Bonchev–Trinajstić information content (AvgIpc) is 2.26. The topological polar surface area (TPSA) is 0 Å². The lowest BCUT2D eigenvalue weighted by atomic mass is 9.59. The van der Waals surface area contributed by atoms with Gasteiger partial charge in [0.1, 0.15) is 0 Å². The van der Waals surface area contributed by atoms with E-state index in [4.69, 9.17) is 0 Å². The zero-order chi connectivity index (χ0) is 14.3. The van der Waals surface area contributed by atoms with Gasteiger partial charge in [-0.2, -0.15) is 0 Å². The van der Waals surface area contributed by atoms with Crippen LogP contribution in [0.1, 0.15) is 86.5 Å². The summed E-state index contributed by atoms with van der Waals surface area (Å²) in [6.07, 6.45) is 10.3. The summed E-state index contributed by atoms with van der Waals surface area (Å²) < 4.78 is 0. The van der Waals surface area contributed by atoms with Crippen LogP contribution in [-0.4, -0.2) is 0 Å². The molecule has 0 aromatic rings. The van der Waals surface area contributed by atoms with Crippen molar-refractivity contribution < 1.29 is 0 Å². The highest BCUT2D eigenvalue weighted by Crippen LogP contribution is 2.50. The van der Waals surface area contributed by atoms with Crippen molar-refractivity contribution in [2.75, 3.05) is 0 Å². The standard InChI is InChI=1S/C19H36/c1-14-7-10-17(19(5,6)12-14)11-16-9-8-15(2)18(3,4)13-16/h14-17H,7-13H2,1-6H3. The third kappa shape index (κ3) is 3.56. The number of hydrogen-bond donors (Lipinski definition) is 0. The molecule has 2 rings (SSSR count). The van der Waals surface area contributed by atoms with Gasteiger partial charge in [-0.15, -0.1) is 0 Å². The van der Waals surface area contributed by atoms with Crippen molar-refractivity contribution in [3.63, 3.8) is 0 Å². The summed E-state index contributed by atoms with van der Waals surface area (Å²) in [5.74, 6) is 3.86. The highest BCUT2D eigenvalue weighted by atomic mass is 14.4. The van der Waals surface area contributed by atoms with Gasteiger partial charge in [0.2, 0.25) is 0 Å². The van der Waals surface area contributed by atoms with Crippen molar-refractivity contribution in [1.82, 2.24) is 0 Å². The largest absolute Gasteiger partial charge is 0.0625 e. The molecule has 112 valence electrons. The van der Waals surface area contributed by atoms with Gasteiger partial charge >= 0.3 is 0 Å². The Morgan fingerprint density at radius 1 is 0.789 bits per heavy atom. The first-order valence-corrected chi connectivity index (χ1v) is 8.71. The smallest absolute Gasteiger partial charge is 0.0323 e. The number of hydrogen-bond acceptors (Lipinski definition) is 0. The van der Waals surface area contributed by atoms with E-state index in [0.29, 0.717) is 10.8 Å². The molecule has 0 aliphatic heterocycles. The molecule has 2 fully saturated rings. The summed E-state index contributed by atoms with van der Waals surface area (Å²) >= 11 is 0. The van der Waals surface area contributed by atoms with Crippen LogP contribution in [0.2, 0.25) is 0 Å². The summed E-state index contributed by atoms with van der Waals surface area (Å²) in [5, 5.41) is 0. The van der Waals surface area contributed by atoms with Gasteiger partial charge in [0.15, 0.2) is 0 Å². The normalized spacial score (nSPS) is 42.0. The van der Waals surface area contributed by atoms with Crippen LogP contribution < -0.4 is 0 Å². The van der Waals surface area contributed by atoms with Crippen LogP contribution in [0.15, 0.2) is 0 Å². The fraction of sp³-hybridized carbons (Fsp3) is 1.00. The van der Waals surface area contributed by atoms with Gasteiger partial charge < -0.3 is 0 Å². The highest BCUT2D eigenvalue weighted by molar-refractivity contribution is 4.90. The van der Waals surface area contributed by atoms with E-state index < -0.39 is 0 Å². The quantitative estimate of drug-likeness (QED) is 0.549. The summed E-state index contributed by atoms with van der Waals surface area (Å²) in [5.41, 5.74) is 1.17. The second-order valence-electron chi connectivity index (χ2n) is 9.34. The van der Waals surface area contributed by atoms with Crippen LogP contribution in [0.25, 0.3) is 0 Å². The van der Waals surface area contributed by atoms with E-state index in [1.807, 2.05) is 0 Å². The first-order chi connectivity index (χ1) is 8.71. The molecule has 0 spiro atoms. The Morgan fingerprint density at radius 3 is 2.05 bits per heavy atom. The van der Waals surface area contributed by atoms with E-state index in [1.165, 1.54) is 44.9 Å². The van der Waals surface area contributed by atoms with Crippen LogP contribution in [0.4, 0.5) is 0 Å². The lowest BCUT2D eigenvalue weighted by Gasteiger charge is -2.46. The van der Waals surface area contributed by atoms with Crippen molar-refractivity contribution in [3.05, 3.63) is 0 Å². The van der Waals surface area contributed by atoms with Gasteiger partial charge in [-0.05, 0) is 66.6 Å². The van der Waals surface area contributed by atoms with E-state index in [1.54, 1.807) is 0 Å². The molecular weight excluding hydrogens is 228 g/mol. The van der Waals surface area contributed by atoms with E-state index >= 15 is 0 Å². The van der Waals surface area contributed by atoms with Gasteiger partial charge in [0.25, 0.3) is 0 Å². The second kappa shape index (κ2) is 5.41. The molecule has 2 aliphatic carbocycles. The van der Waals surface area contributed by atoms with E-state index in [0.717, 1.165) is 23.7 Å². The summed E-state index contributed by atoms with van der Waals surface area (Å²) in [7, 11) is 0. The third-order valence-corrected chi connectivity index (χ3v) is 6.76. The molecule has 0 saturated heterocycles. The number of rotatable bonds is 2. The lowest BCUT2D eigenvalue weighted by molar-refractivity contribution is 0.0430. The average molecular weight is 264 g/mol. The Labute approximate surface area is 121 Å². The molecule has 19 heavy (non-hydrogen) atoms. The molecule has 2 aliphatic rings. The molecule has 0 N–H and O–H groups in total. The molecule has 0 nitrogen and oxygen atoms in total. The molecule has 4 atom stereocenters. The van der Waals surface area contributed by atoms with Gasteiger partial charge in [0, 0.05) is 0 Å². The van der Waals surface area contributed by atoms with Crippen molar-refractivity contribution >= 4 is 0 Å². The van der Waals surface area contributed by atoms with Crippen LogP contribution in [0.5, 0.6) is 0 Å². The fourth-order valence-corrected chi connectivity index (χ4v) is 5.01. The van der Waals surface area contributed by atoms with Crippen LogP contribution >= 0.6 is 0 Å². The van der Waals surface area contributed by atoms with Crippen LogP contribution in [0.3, 0.4) is 0 Å². The summed E-state index contributed by atoms with van der Waals surface area (Å²) in [6, 6.07) is 0. The zero-order valence-corrected chi connectivity index (χ0v) is 14.3. The minimum Gasteiger partial charge on any atom is -0.0625 e. The molecular formula is C19H36. The maximum Gasteiger partial charge on any atom is -0.0323 e. The molecule has 0 radical (unpaired) electrons. The van der Waals surface area contributed by atoms with Crippen molar-refractivity contribution in [3.8, 4) is 0 Å². The fourth-order valence-electron chi connectivity index (χ4n) is 5.01. The van der Waals surface area contributed by atoms with Crippen molar-refractivity contribution in [2.24, 2.45) is 34.5 Å². The van der Waals surface area contributed by atoms with E-state index in [-0.39, 0.29) is 0 Å². The maximum atomic E-state index is 2.53. The van der Waals surface area contributed by atoms with E-state index in [9.17, 15) is 0 Å². The SMILES string of the molecule is CC1CCC(CC2CCC(C)C(C)(C)C2)C(C)(C)C1. The summed E-state index contributed by atoms with van der Waals surface area (Å²) in [6.45, 7) is 15.0. The Bertz CT molecular complexity index is 299. The molecule has 0 heterocycles. The molecule has 4 unspecified atom stereocenters. The zero-order valence-electron chi connectivity index (χ0n) is 14.3. The van der Waals surface area contributed by atoms with Gasteiger partial charge in [-0.3, -0.25) is 0 Å². The predicted octanol–water partition coefficient (Wildman–Crippen LogP) is 6.30. The van der Waals surface area contributed by atoms with Crippen molar-refractivity contribution in [2.45, 2.75) is 86.5 Å². The lowest BCUT2D eigenvalue weighted by Crippen LogP contribution is -2.36. The van der Waals surface area contributed by atoms with Gasteiger partial charge in [-0.25, -0.2) is 0 Å². The van der Waals surface area contributed by atoms with Crippen LogP contribution in [0, 0.1) is 34.5 Å². The van der Waals surface area contributed by atoms with Gasteiger partial charge in [-0.1, -0.05) is 54.4 Å². The van der Waals surface area contributed by atoms with Crippen LogP contribution in [-0.2, 0) is 0 Å². The molecule has 0 amide bonds. The third-order valence-electron chi connectivity index (χ3n) is 6.76. The monoisotopic (exact) mass is 264 g/mol. The van der Waals surface area contributed by atoms with E-state index in [2.05, 4.69) is 41.5 Å². The Kier molecular flexibility index (Phi) is 4.38. The molecule has 0 aromatic carbocycles. The molecule has 2 saturated carbocycles. The maximum absolute atomic E-state index is 2.53. The Balaban J connectivity index is 1.94.